The van der Waals surface area contributed by atoms with Crippen molar-refractivity contribution in [3.8, 4) is 0 Å². The van der Waals surface area contributed by atoms with E-state index in [0.717, 1.165) is 12.1 Å². The van der Waals surface area contributed by atoms with Crippen molar-refractivity contribution in [2.45, 2.75) is 32.7 Å². The van der Waals surface area contributed by atoms with Crippen LogP contribution in [0.4, 0.5) is 11.5 Å². The monoisotopic (exact) mass is 179 g/mol. The Morgan fingerprint density at radius 3 is 2.62 bits per heavy atom. The lowest BCUT2D eigenvalue weighted by Gasteiger charge is -2.25. The summed E-state index contributed by atoms with van der Waals surface area (Å²) in [7, 11) is 0. The molecule has 1 heterocycles. The van der Waals surface area contributed by atoms with E-state index in [1.165, 1.54) is 0 Å². The molecule has 0 fully saturated rings. The van der Waals surface area contributed by atoms with E-state index in [4.69, 9.17) is 5.73 Å². The third kappa shape index (κ3) is 2.93. The second-order valence-electron chi connectivity index (χ2n) is 3.83. The highest BCUT2D eigenvalue weighted by molar-refractivity contribution is 5.46. The predicted molar refractivity (Wildman–Crippen MR) is 56.6 cm³/mol. The zero-order valence-corrected chi connectivity index (χ0v) is 8.46. The number of rotatable bonds is 3. The van der Waals surface area contributed by atoms with E-state index in [1.807, 2.05) is 6.07 Å². The van der Waals surface area contributed by atoms with E-state index < -0.39 is 0 Å². The van der Waals surface area contributed by atoms with Crippen LogP contribution < -0.4 is 11.1 Å². The van der Waals surface area contributed by atoms with Crippen LogP contribution in [0.2, 0.25) is 0 Å². The number of hydrogen-bond acceptors (Lipinski definition) is 3. The number of pyridine rings is 1. The molecule has 0 unspecified atom stereocenters. The molecule has 0 aromatic carbocycles. The first-order chi connectivity index (χ1) is 6.03. The van der Waals surface area contributed by atoms with Crippen molar-refractivity contribution in [1.82, 2.24) is 4.98 Å². The number of nitrogens with one attached hydrogen (secondary N) is 1. The number of anilines is 2. The third-order valence-electron chi connectivity index (χ3n) is 2.15. The Morgan fingerprint density at radius 2 is 2.15 bits per heavy atom. The van der Waals surface area contributed by atoms with Gasteiger partial charge < -0.3 is 11.1 Å². The minimum atomic E-state index is 0.109. The van der Waals surface area contributed by atoms with Gasteiger partial charge in [-0.3, -0.25) is 0 Å². The number of nitrogen functional groups attached to an aromatic ring is 1. The molecule has 0 aliphatic heterocycles. The van der Waals surface area contributed by atoms with Gasteiger partial charge in [-0.2, -0.15) is 0 Å². The lowest BCUT2D eigenvalue weighted by molar-refractivity contribution is 0.547. The fraction of sp³-hybridized carbons (Fsp3) is 0.500. The van der Waals surface area contributed by atoms with Gasteiger partial charge in [0.1, 0.15) is 5.82 Å². The average Bonchev–Trinajstić information content (AvgIpc) is 2.09. The van der Waals surface area contributed by atoms with Crippen LogP contribution in [0.15, 0.2) is 18.3 Å². The highest BCUT2D eigenvalue weighted by Crippen LogP contribution is 2.17. The van der Waals surface area contributed by atoms with Gasteiger partial charge in [0, 0.05) is 5.54 Å². The Balaban J connectivity index is 2.69. The van der Waals surface area contributed by atoms with E-state index in [2.05, 4.69) is 31.1 Å². The van der Waals surface area contributed by atoms with E-state index in [0.29, 0.717) is 5.82 Å². The van der Waals surface area contributed by atoms with Crippen LogP contribution in [0.1, 0.15) is 27.2 Å². The predicted octanol–water partition coefficient (Wildman–Crippen LogP) is 2.26. The molecule has 3 heteroatoms. The van der Waals surface area contributed by atoms with Gasteiger partial charge >= 0.3 is 0 Å². The highest BCUT2D eigenvalue weighted by Gasteiger charge is 2.13. The SMILES string of the molecule is CCC(C)(C)Nc1ccc(N)nc1. The third-order valence-corrected chi connectivity index (χ3v) is 2.15. The van der Waals surface area contributed by atoms with Crippen molar-refractivity contribution in [3.05, 3.63) is 18.3 Å². The summed E-state index contributed by atoms with van der Waals surface area (Å²) in [5.41, 5.74) is 6.61. The van der Waals surface area contributed by atoms with E-state index >= 15 is 0 Å². The van der Waals surface area contributed by atoms with Crippen LogP contribution >= 0.6 is 0 Å². The molecular formula is C10H17N3. The molecule has 0 spiro atoms. The first kappa shape index (κ1) is 9.84. The number of aromatic nitrogens is 1. The Labute approximate surface area is 79.4 Å². The standard InChI is InChI=1S/C10H17N3/c1-4-10(2,3)13-8-5-6-9(11)12-7-8/h5-7,13H,4H2,1-3H3,(H2,11,12). The van der Waals surface area contributed by atoms with Crippen LogP contribution in [0.5, 0.6) is 0 Å². The van der Waals surface area contributed by atoms with Crippen molar-refractivity contribution in [2.75, 3.05) is 11.1 Å². The summed E-state index contributed by atoms with van der Waals surface area (Å²) in [6.45, 7) is 6.46. The summed E-state index contributed by atoms with van der Waals surface area (Å²) in [5.74, 6) is 0.555. The fourth-order valence-electron chi connectivity index (χ4n) is 0.958. The highest BCUT2D eigenvalue weighted by atomic mass is 15.0. The molecule has 0 amide bonds. The molecule has 0 aliphatic rings. The summed E-state index contributed by atoms with van der Waals surface area (Å²) in [5, 5.41) is 3.38. The summed E-state index contributed by atoms with van der Waals surface area (Å²) in [4.78, 5) is 4.01. The molecule has 0 atom stereocenters. The van der Waals surface area contributed by atoms with Crippen molar-refractivity contribution >= 4 is 11.5 Å². The zero-order chi connectivity index (χ0) is 9.90. The van der Waals surface area contributed by atoms with Crippen LogP contribution in [-0.2, 0) is 0 Å². The Morgan fingerprint density at radius 1 is 1.46 bits per heavy atom. The maximum absolute atomic E-state index is 5.48. The van der Waals surface area contributed by atoms with Gasteiger partial charge in [0.15, 0.2) is 0 Å². The maximum Gasteiger partial charge on any atom is 0.123 e. The molecule has 0 saturated carbocycles. The quantitative estimate of drug-likeness (QED) is 0.748. The van der Waals surface area contributed by atoms with Crippen molar-refractivity contribution in [3.63, 3.8) is 0 Å². The van der Waals surface area contributed by atoms with Gasteiger partial charge in [-0.1, -0.05) is 6.92 Å². The van der Waals surface area contributed by atoms with E-state index in [9.17, 15) is 0 Å². The summed E-state index contributed by atoms with van der Waals surface area (Å²) in [6, 6.07) is 3.74. The number of hydrogen-bond donors (Lipinski definition) is 2. The smallest absolute Gasteiger partial charge is 0.123 e. The van der Waals surface area contributed by atoms with Gasteiger partial charge in [0.05, 0.1) is 11.9 Å². The van der Waals surface area contributed by atoms with E-state index in [1.54, 1.807) is 12.3 Å². The van der Waals surface area contributed by atoms with Crippen LogP contribution in [0.3, 0.4) is 0 Å². The first-order valence-electron chi connectivity index (χ1n) is 4.53. The second kappa shape index (κ2) is 3.64. The number of nitrogens with two attached hydrogens (primary N) is 1. The maximum atomic E-state index is 5.48. The molecule has 1 aromatic rings. The first-order valence-corrected chi connectivity index (χ1v) is 4.53. The lowest BCUT2D eigenvalue weighted by Crippen LogP contribution is -2.29. The van der Waals surface area contributed by atoms with Crippen molar-refractivity contribution < 1.29 is 0 Å². The normalized spacial score (nSPS) is 11.3. The topological polar surface area (TPSA) is 50.9 Å². The minimum Gasteiger partial charge on any atom is -0.384 e. The molecular weight excluding hydrogens is 162 g/mol. The van der Waals surface area contributed by atoms with Crippen molar-refractivity contribution in [1.29, 1.82) is 0 Å². The molecule has 13 heavy (non-hydrogen) atoms. The second-order valence-corrected chi connectivity index (χ2v) is 3.83. The molecule has 1 aromatic heterocycles. The fourth-order valence-corrected chi connectivity index (χ4v) is 0.958. The van der Waals surface area contributed by atoms with Crippen LogP contribution in [-0.4, -0.2) is 10.5 Å². The molecule has 3 nitrogen and oxygen atoms in total. The molecule has 3 N–H and O–H groups in total. The van der Waals surface area contributed by atoms with Crippen LogP contribution in [0, 0.1) is 0 Å². The van der Waals surface area contributed by atoms with Gasteiger partial charge in [0.25, 0.3) is 0 Å². The molecule has 1 rings (SSSR count). The van der Waals surface area contributed by atoms with Gasteiger partial charge in [-0.15, -0.1) is 0 Å². The molecule has 0 radical (unpaired) electrons. The Kier molecular flexibility index (Phi) is 2.76. The zero-order valence-electron chi connectivity index (χ0n) is 8.46. The largest absolute Gasteiger partial charge is 0.384 e. The summed E-state index contributed by atoms with van der Waals surface area (Å²) in [6.07, 6.45) is 2.82. The van der Waals surface area contributed by atoms with Crippen molar-refractivity contribution in [2.24, 2.45) is 0 Å². The molecule has 72 valence electrons. The Bertz CT molecular complexity index is 264. The molecule has 0 bridgehead atoms. The Hall–Kier alpha value is -1.25. The van der Waals surface area contributed by atoms with Gasteiger partial charge in [0.2, 0.25) is 0 Å². The minimum absolute atomic E-state index is 0.109. The van der Waals surface area contributed by atoms with Crippen LogP contribution in [0.25, 0.3) is 0 Å². The summed E-state index contributed by atoms with van der Waals surface area (Å²) < 4.78 is 0. The molecule has 0 aliphatic carbocycles. The molecule has 0 saturated heterocycles. The lowest BCUT2D eigenvalue weighted by atomic mass is 10.0. The average molecular weight is 179 g/mol. The summed E-state index contributed by atoms with van der Waals surface area (Å²) >= 11 is 0. The number of nitrogens with zero attached hydrogens (tertiary/aromatic N) is 1. The van der Waals surface area contributed by atoms with E-state index in [-0.39, 0.29) is 5.54 Å². The van der Waals surface area contributed by atoms with Gasteiger partial charge in [-0.05, 0) is 32.4 Å². The van der Waals surface area contributed by atoms with Gasteiger partial charge in [-0.25, -0.2) is 4.98 Å².